The van der Waals surface area contributed by atoms with Gasteiger partial charge in [0.1, 0.15) is 17.2 Å². The van der Waals surface area contributed by atoms with E-state index < -0.39 is 23.0 Å². The van der Waals surface area contributed by atoms with E-state index in [9.17, 15) is 18.4 Å². The average molecular weight is 580 g/mol. The first-order valence-corrected chi connectivity index (χ1v) is 14.5. The fourth-order valence-corrected chi connectivity index (χ4v) is 6.53. The molecule has 2 aromatic carbocycles. The summed E-state index contributed by atoms with van der Waals surface area (Å²) in [5.41, 5.74) is 6.11. The number of nitrogens with zero attached hydrogens (tertiary/aromatic N) is 2. The number of amidine groups is 1. The van der Waals surface area contributed by atoms with Gasteiger partial charge < -0.3 is 20.7 Å². The van der Waals surface area contributed by atoms with Crippen LogP contribution in [0.3, 0.4) is 0 Å². The second kappa shape index (κ2) is 11.1. The number of rotatable bonds is 8. The molecule has 0 saturated heterocycles. The van der Waals surface area contributed by atoms with Crippen molar-refractivity contribution in [1.29, 1.82) is 5.41 Å². The molecule has 1 atom stereocenters. The van der Waals surface area contributed by atoms with Crippen LogP contribution in [0.4, 0.5) is 8.78 Å². The number of ether oxygens (including phenoxy) is 1. The Balaban J connectivity index is 1.53. The van der Waals surface area contributed by atoms with E-state index in [1.165, 1.54) is 7.11 Å². The quantitative estimate of drug-likeness (QED) is 0.288. The third kappa shape index (κ3) is 5.63. The van der Waals surface area contributed by atoms with Crippen LogP contribution >= 0.6 is 0 Å². The number of benzene rings is 2. The topological polar surface area (TPSA) is 121 Å². The third-order valence-corrected chi connectivity index (χ3v) is 8.98. The zero-order chi connectivity index (χ0) is 30.4. The Bertz CT molecular complexity index is 1400. The zero-order valence-corrected chi connectivity index (χ0v) is 24.6. The van der Waals surface area contributed by atoms with E-state index in [1.54, 1.807) is 12.1 Å². The maximum atomic E-state index is 14.8. The number of amides is 2. The Morgan fingerprint density at radius 3 is 2.24 bits per heavy atom. The number of carbonyl (C=O) groups is 2. The van der Waals surface area contributed by atoms with Crippen molar-refractivity contribution in [3.8, 4) is 5.75 Å². The molecule has 42 heavy (non-hydrogen) atoms. The van der Waals surface area contributed by atoms with Crippen molar-refractivity contribution in [3.05, 3.63) is 64.7 Å². The number of nitrogens with two attached hydrogens (primary N) is 1. The Morgan fingerprint density at radius 2 is 1.74 bits per heavy atom. The minimum absolute atomic E-state index is 0.0433. The SMILES string of the molecule is COc1c(F)cc(C2=NC3(CCC(C(C)(C)C)CC3)N(C(c3ccc(C(=O)NCC(=N)N)cc3)C3CC3)C2=O)cc1F. The molecule has 2 amide bonds. The van der Waals surface area contributed by atoms with Crippen molar-refractivity contribution in [2.24, 2.45) is 28.0 Å². The fraction of sp³-hybridized carbons (Fsp3) is 0.500. The van der Waals surface area contributed by atoms with Crippen molar-refractivity contribution in [2.45, 2.75) is 71.0 Å². The van der Waals surface area contributed by atoms with E-state index in [0.29, 0.717) is 24.3 Å². The molecule has 1 aliphatic heterocycles. The molecule has 2 saturated carbocycles. The molecule has 4 N–H and O–H groups in total. The van der Waals surface area contributed by atoms with Gasteiger partial charge in [-0.1, -0.05) is 32.9 Å². The molecule has 1 spiro atoms. The van der Waals surface area contributed by atoms with Gasteiger partial charge in [0.05, 0.1) is 19.7 Å². The van der Waals surface area contributed by atoms with Gasteiger partial charge in [0.25, 0.3) is 11.8 Å². The van der Waals surface area contributed by atoms with Gasteiger partial charge in [-0.2, -0.15) is 0 Å². The predicted octanol–water partition coefficient (Wildman–Crippen LogP) is 5.35. The number of hydrogen-bond donors (Lipinski definition) is 3. The van der Waals surface area contributed by atoms with Gasteiger partial charge in [-0.25, -0.2) is 8.78 Å². The number of nitrogens with one attached hydrogen (secondary N) is 2. The predicted molar refractivity (Wildman–Crippen MR) is 157 cm³/mol. The first kappa shape index (κ1) is 29.7. The van der Waals surface area contributed by atoms with Crippen molar-refractivity contribution >= 4 is 23.4 Å². The number of carbonyl (C=O) groups excluding carboxylic acids is 2. The van der Waals surface area contributed by atoms with Gasteiger partial charge in [0.15, 0.2) is 17.4 Å². The maximum absolute atomic E-state index is 14.8. The lowest BCUT2D eigenvalue weighted by atomic mass is 9.69. The molecular weight excluding hydrogens is 540 g/mol. The molecule has 2 aromatic rings. The van der Waals surface area contributed by atoms with Gasteiger partial charge in [0.2, 0.25) is 0 Å². The molecule has 0 aromatic heterocycles. The highest BCUT2D eigenvalue weighted by molar-refractivity contribution is 6.46. The Kier molecular flexibility index (Phi) is 7.85. The second-order valence-electron chi connectivity index (χ2n) is 12.8. The van der Waals surface area contributed by atoms with Crippen molar-refractivity contribution < 1.29 is 23.1 Å². The smallest absolute Gasteiger partial charge is 0.275 e. The molecule has 5 rings (SSSR count). The fourth-order valence-electron chi connectivity index (χ4n) is 6.53. The first-order chi connectivity index (χ1) is 19.8. The van der Waals surface area contributed by atoms with Crippen LogP contribution in [-0.4, -0.2) is 47.6 Å². The first-order valence-electron chi connectivity index (χ1n) is 14.5. The number of aliphatic imine (C=N–C) groups is 1. The molecular formula is C32H39F2N5O3. The zero-order valence-electron chi connectivity index (χ0n) is 24.6. The van der Waals surface area contributed by atoms with Crippen molar-refractivity contribution in [2.75, 3.05) is 13.7 Å². The van der Waals surface area contributed by atoms with Crippen LogP contribution < -0.4 is 15.8 Å². The van der Waals surface area contributed by atoms with E-state index in [1.807, 2.05) is 17.0 Å². The molecule has 1 unspecified atom stereocenters. The van der Waals surface area contributed by atoms with Crippen molar-refractivity contribution in [3.63, 3.8) is 0 Å². The van der Waals surface area contributed by atoms with Gasteiger partial charge in [0, 0.05) is 11.1 Å². The van der Waals surface area contributed by atoms with Crippen molar-refractivity contribution in [1.82, 2.24) is 10.2 Å². The van der Waals surface area contributed by atoms with E-state index in [0.717, 1.165) is 43.4 Å². The van der Waals surface area contributed by atoms with Gasteiger partial charge in [-0.05, 0) is 85.6 Å². The minimum Gasteiger partial charge on any atom is -0.491 e. The Labute approximate surface area is 245 Å². The van der Waals surface area contributed by atoms with Crippen LogP contribution in [0.1, 0.15) is 86.8 Å². The maximum Gasteiger partial charge on any atom is 0.275 e. The number of methoxy groups -OCH3 is 1. The molecule has 10 heteroatoms. The highest BCUT2D eigenvalue weighted by Gasteiger charge is 2.55. The number of hydrogen-bond acceptors (Lipinski definition) is 5. The summed E-state index contributed by atoms with van der Waals surface area (Å²) in [7, 11) is 1.20. The highest BCUT2D eigenvalue weighted by Crippen LogP contribution is 2.54. The summed E-state index contributed by atoms with van der Waals surface area (Å²) in [6.07, 6.45) is 4.94. The summed E-state index contributed by atoms with van der Waals surface area (Å²) in [5.74, 6) is -2.42. The largest absolute Gasteiger partial charge is 0.491 e. The van der Waals surface area contributed by atoms with Crippen LogP contribution in [0.25, 0.3) is 0 Å². The summed E-state index contributed by atoms with van der Waals surface area (Å²) in [6.45, 7) is 6.64. The molecule has 2 aliphatic carbocycles. The van der Waals surface area contributed by atoms with Gasteiger partial charge >= 0.3 is 0 Å². The molecule has 2 fully saturated rings. The molecule has 8 nitrogen and oxygen atoms in total. The summed E-state index contributed by atoms with van der Waals surface area (Å²) >= 11 is 0. The van der Waals surface area contributed by atoms with E-state index in [4.69, 9.17) is 20.9 Å². The lowest BCUT2D eigenvalue weighted by Gasteiger charge is -2.47. The lowest BCUT2D eigenvalue weighted by molar-refractivity contribution is -0.134. The van der Waals surface area contributed by atoms with Gasteiger partial charge in [-0.15, -0.1) is 0 Å². The standard InChI is InChI=1S/C32H39F2N5O3/c1-31(2,3)22-11-13-32(14-12-22)38-26(21-15-23(33)28(42-4)24(34)16-21)30(41)39(32)27(18-5-6-18)19-7-9-20(10-8-19)29(40)37-17-25(35)36/h7-10,15-16,18,22,27H,5-6,11-14,17H2,1-4H3,(H3,35,36)(H,37,40). The van der Waals surface area contributed by atoms with Crippen LogP contribution in [-0.2, 0) is 4.79 Å². The van der Waals surface area contributed by atoms with Crippen LogP contribution in [0.15, 0.2) is 41.4 Å². The highest BCUT2D eigenvalue weighted by atomic mass is 19.1. The van der Waals surface area contributed by atoms with E-state index in [2.05, 4.69) is 26.1 Å². The molecule has 0 bridgehead atoms. The molecule has 3 aliphatic rings. The van der Waals surface area contributed by atoms with Gasteiger partial charge in [-0.3, -0.25) is 20.0 Å². The normalized spacial score (nSPS) is 23.1. The molecule has 1 heterocycles. The third-order valence-electron chi connectivity index (χ3n) is 8.98. The van der Waals surface area contributed by atoms with Crippen LogP contribution in [0, 0.1) is 34.3 Å². The Hall–Kier alpha value is -3.82. The number of halogens is 2. The van der Waals surface area contributed by atoms with Crippen LogP contribution in [0.2, 0.25) is 0 Å². The second-order valence-corrected chi connectivity index (χ2v) is 12.8. The molecule has 224 valence electrons. The summed E-state index contributed by atoms with van der Waals surface area (Å²) in [6, 6.07) is 9.08. The van der Waals surface area contributed by atoms with Crippen LogP contribution in [0.5, 0.6) is 5.75 Å². The summed E-state index contributed by atoms with van der Waals surface area (Å²) < 4.78 is 34.4. The lowest BCUT2D eigenvalue weighted by Crippen LogP contribution is -2.52. The average Bonchev–Trinajstić information content (AvgIpc) is 3.74. The van der Waals surface area contributed by atoms with E-state index >= 15 is 0 Å². The Morgan fingerprint density at radius 1 is 1.14 bits per heavy atom. The summed E-state index contributed by atoms with van der Waals surface area (Å²) in [4.78, 5) is 33.8. The minimum atomic E-state index is -0.885. The molecule has 0 radical (unpaired) electrons. The van der Waals surface area contributed by atoms with E-state index in [-0.39, 0.29) is 52.8 Å². The summed E-state index contributed by atoms with van der Waals surface area (Å²) in [5, 5.41) is 9.95. The monoisotopic (exact) mass is 579 g/mol.